The average Bonchev–Trinajstić information content (AvgIpc) is 2.47. The lowest BCUT2D eigenvalue weighted by Crippen LogP contribution is -2.30. The van der Waals surface area contributed by atoms with Crippen LogP contribution in [0, 0.1) is 0 Å². The molecule has 0 aliphatic carbocycles. The molecule has 2 aliphatic rings. The summed E-state index contributed by atoms with van der Waals surface area (Å²) in [5, 5.41) is 0.416. The van der Waals surface area contributed by atoms with E-state index in [1.165, 1.54) is 12.8 Å². The van der Waals surface area contributed by atoms with Crippen LogP contribution in [0.4, 0.5) is 0 Å². The van der Waals surface area contributed by atoms with Crippen LogP contribution in [0.2, 0.25) is 0 Å². The van der Waals surface area contributed by atoms with Crippen LogP contribution in [0.1, 0.15) is 32.1 Å². The molecule has 0 saturated carbocycles. The van der Waals surface area contributed by atoms with Gasteiger partial charge in [-0.2, -0.15) is 11.8 Å². The lowest BCUT2D eigenvalue weighted by atomic mass is 10.1. The van der Waals surface area contributed by atoms with E-state index in [4.69, 9.17) is 0 Å². The van der Waals surface area contributed by atoms with Gasteiger partial charge in [-0.25, -0.2) is 8.42 Å². The molecule has 2 aliphatic heterocycles. The molecule has 2 unspecified atom stereocenters. The average molecular weight is 220 g/mol. The van der Waals surface area contributed by atoms with Crippen LogP contribution >= 0.6 is 11.8 Å². The van der Waals surface area contributed by atoms with Crippen LogP contribution in [-0.2, 0) is 9.84 Å². The van der Waals surface area contributed by atoms with Gasteiger partial charge in [0.2, 0.25) is 0 Å². The number of hydrogen-bond donors (Lipinski definition) is 0. The molecule has 76 valence electrons. The minimum absolute atomic E-state index is 0.00204. The highest BCUT2D eigenvalue weighted by Gasteiger charge is 2.38. The van der Waals surface area contributed by atoms with Crippen LogP contribution in [0.25, 0.3) is 0 Å². The van der Waals surface area contributed by atoms with Crippen LogP contribution in [0.15, 0.2) is 0 Å². The lowest BCUT2D eigenvalue weighted by Gasteiger charge is -2.25. The van der Waals surface area contributed by atoms with Gasteiger partial charge in [0.05, 0.1) is 11.0 Å². The summed E-state index contributed by atoms with van der Waals surface area (Å²) in [6, 6.07) is 0. The summed E-state index contributed by atoms with van der Waals surface area (Å²) in [6.07, 6.45) is 5.43. The predicted octanol–water partition coefficient (Wildman–Crippen LogP) is 1.85. The van der Waals surface area contributed by atoms with E-state index in [9.17, 15) is 8.42 Å². The number of hydrogen-bond acceptors (Lipinski definition) is 3. The van der Waals surface area contributed by atoms with Gasteiger partial charge in [-0.05, 0) is 31.4 Å². The van der Waals surface area contributed by atoms with Crippen molar-refractivity contribution in [3.63, 3.8) is 0 Å². The molecule has 2 atom stereocenters. The third-order valence-electron chi connectivity index (χ3n) is 3.01. The Morgan fingerprint density at radius 1 is 1.08 bits per heavy atom. The maximum absolute atomic E-state index is 11.6. The van der Waals surface area contributed by atoms with E-state index in [2.05, 4.69) is 0 Å². The highest BCUT2D eigenvalue weighted by molar-refractivity contribution is 8.01. The number of thioether (sulfide) groups is 1. The molecule has 0 radical (unpaired) electrons. The Morgan fingerprint density at radius 2 is 1.92 bits per heavy atom. The minimum Gasteiger partial charge on any atom is -0.229 e. The summed E-state index contributed by atoms with van der Waals surface area (Å²) < 4.78 is 23.3. The Bertz CT molecular complexity index is 265. The largest absolute Gasteiger partial charge is 0.229 e. The first kappa shape index (κ1) is 9.84. The predicted molar refractivity (Wildman–Crippen MR) is 56.9 cm³/mol. The van der Waals surface area contributed by atoms with E-state index in [-0.39, 0.29) is 5.25 Å². The molecule has 0 bridgehead atoms. The van der Waals surface area contributed by atoms with Crippen LogP contribution in [-0.4, -0.2) is 30.4 Å². The van der Waals surface area contributed by atoms with Crippen molar-refractivity contribution in [1.29, 1.82) is 0 Å². The molecule has 0 aromatic carbocycles. The van der Waals surface area contributed by atoms with Crippen molar-refractivity contribution in [2.75, 3.05) is 11.5 Å². The van der Waals surface area contributed by atoms with Gasteiger partial charge in [0.25, 0.3) is 0 Å². The maximum Gasteiger partial charge on any atom is 0.154 e. The first-order valence-electron chi connectivity index (χ1n) is 5.03. The van der Waals surface area contributed by atoms with Crippen molar-refractivity contribution in [3.05, 3.63) is 0 Å². The molecule has 2 heterocycles. The summed E-state index contributed by atoms with van der Waals surface area (Å²) in [6.45, 7) is 0. The Balaban J connectivity index is 2.07. The molecule has 4 heteroatoms. The van der Waals surface area contributed by atoms with E-state index in [1.54, 1.807) is 0 Å². The maximum atomic E-state index is 11.6. The summed E-state index contributed by atoms with van der Waals surface area (Å²) in [4.78, 5) is 0. The van der Waals surface area contributed by atoms with Crippen molar-refractivity contribution in [1.82, 2.24) is 0 Å². The van der Waals surface area contributed by atoms with E-state index >= 15 is 0 Å². The van der Waals surface area contributed by atoms with Crippen LogP contribution < -0.4 is 0 Å². The van der Waals surface area contributed by atoms with Crippen molar-refractivity contribution in [2.24, 2.45) is 0 Å². The van der Waals surface area contributed by atoms with Crippen molar-refractivity contribution >= 4 is 21.6 Å². The number of rotatable bonds is 1. The standard InChI is InChI=1S/C9H16O2S2/c10-13(11)7-3-5-9(13)8-4-1-2-6-12-8/h8-9H,1-7H2. The molecule has 13 heavy (non-hydrogen) atoms. The molecule has 2 saturated heterocycles. The highest BCUT2D eigenvalue weighted by Crippen LogP contribution is 2.35. The zero-order valence-corrected chi connectivity index (χ0v) is 9.37. The van der Waals surface area contributed by atoms with Gasteiger partial charge in [0.1, 0.15) is 0 Å². The second-order valence-electron chi connectivity index (χ2n) is 3.95. The topological polar surface area (TPSA) is 34.1 Å². The molecule has 0 aromatic heterocycles. The van der Waals surface area contributed by atoms with Crippen molar-refractivity contribution in [3.8, 4) is 0 Å². The Kier molecular flexibility index (Phi) is 2.88. The molecular weight excluding hydrogens is 204 g/mol. The molecule has 0 amide bonds. The zero-order chi connectivity index (χ0) is 9.31. The summed E-state index contributed by atoms with van der Waals surface area (Å²) in [7, 11) is -2.71. The van der Waals surface area contributed by atoms with Crippen LogP contribution in [0.3, 0.4) is 0 Å². The SMILES string of the molecule is O=S1(=O)CCCC1C1CCCCS1. The Hall–Kier alpha value is 0.300. The quantitative estimate of drug-likeness (QED) is 0.676. The van der Waals surface area contributed by atoms with Crippen molar-refractivity contribution < 1.29 is 8.42 Å². The summed E-state index contributed by atoms with van der Waals surface area (Å²) in [5.74, 6) is 1.60. The van der Waals surface area contributed by atoms with Gasteiger partial charge in [0.15, 0.2) is 9.84 Å². The van der Waals surface area contributed by atoms with E-state index < -0.39 is 9.84 Å². The normalized spacial score (nSPS) is 39.1. The van der Waals surface area contributed by atoms with Crippen molar-refractivity contribution in [2.45, 2.75) is 42.6 Å². The van der Waals surface area contributed by atoms with E-state index in [0.29, 0.717) is 11.0 Å². The summed E-state index contributed by atoms with van der Waals surface area (Å²) in [5.41, 5.74) is 0. The fraction of sp³-hybridized carbons (Fsp3) is 1.00. The Morgan fingerprint density at radius 3 is 2.46 bits per heavy atom. The lowest BCUT2D eigenvalue weighted by molar-refractivity contribution is 0.569. The second-order valence-corrected chi connectivity index (χ2v) is 7.64. The highest BCUT2D eigenvalue weighted by atomic mass is 32.2. The molecule has 0 N–H and O–H groups in total. The first-order chi connectivity index (χ1) is 6.20. The minimum atomic E-state index is -2.71. The fourth-order valence-electron chi connectivity index (χ4n) is 2.29. The van der Waals surface area contributed by atoms with Crippen LogP contribution in [0.5, 0.6) is 0 Å². The van der Waals surface area contributed by atoms with Gasteiger partial charge in [-0.15, -0.1) is 0 Å². The monoisotopic (exact) mass is 220 g/mol. The van der Waals surface area contributed by atoms with Gasteiger partial charge in [-0.3, -0.25) is 0 Å². The third kappa shape index (κ3) is 2.04. The van der Waals surface area contributed by atoms with Gasteiger partial charge in [-0.1, -0.05) is 6.42 Å². The van der Waals surface area contributed by atoms with E-state index in [1.807, 2.05) is 11.8 Å². The zero-order valence-electron chi connectivity index (χ0n) is 7.74. The molecular formula is C9H16O2S2. The molecule has 2 fully saturated rings. The molecule has 2 rings (SSSR count). The second kappa shape index (κ2) is 3.81. The van der Waals surface area contributed by atoms with Gasteiger partial charge in [0, 0.05) is 5.25 Å². The summed E-state index contributed by atoms with van der Waals surface area (Å²) >= 11 is 1.88. The van der Waals surface area contributed by atoms with Gasteiger partial charge < -0.3 is 0 Å². The molecule has 2 nitrogen and oxygen atoms in total. The first-order valence-corrected chi connectivity index (χ1v) is 7.80. The van der Waals surface area contributed by atoms with Gasteiger partial charge >= 0.3 is 0 Å². The molecule has 0 aromatic rings. The fourth-order valence-corrected chi connectivity index (χ4v) is 6.39. The van der Waals surface area contributed by atoms with E-state index in [0.717, 1.165) is 25.0 Å². The third-order valence-corrected chi connectivity index (χ3v) is 7.04. The number of sulfone groups is 1. The Labute approximate surface area is 84.4 Å². The molecule has 0 spiro atoms. The smallest absolute Gasteiger partial charge is 0.154 e.